The van der Waals surface area contributed by atoms with Crippen molar-refractivity contribution in [2.45, 2.75) is 33.8 Å². The number of rotatable bonds is 5. The third-order valence-corrected chi connectivity index (χ3v) is 4.19. The van der Waals surface area contributed by atoms with Gasteiger partial charge in [0.15, 0.2) is 0 Å². The third kappa shape index (κ3) is 3.61. The normalized spacial score (nSPS) is 10.5. The molecule has 1 aromatic carbocycles. The molecular weight excluding hydrogens is 286 g/mol. The summed E-state index contributed by atoms with van der Waals surface area (Å²) in [5.74, 6) is 0.519. The standard InChI is InChI=1S/C16H19NO3S/c1-5-12-15(16(18)19-4)21-14(17-12)9-20-13-8-10(2)6-7-11(13)3/h6-8H,5,9H2,1-4H3. The Morgan fingerprint density at radius 1 is 1.33 bits per heavy atom. The van der Waals surface area contributed by atoms with E-state index in [1.807, 2.05) is 32.9 Å². The number of esters is 1. The molecule has 2 aromatic rings. The zero-order valence-electron chi connectivity index (χ0n) is 12.7. The molecule has 5 heteroatoms. The minimum Gasteiger partial charge on any atom is -0.486 e. The molecule has 4 nitrogen and oxygen atoms in total. The van der Waals surface area contributed by atoms with Gasteiger partial charge < -0.3 is 9.47 Å². The van der Waals surface area contributed by atoms with Gasteiger partial charge in [-0.1, -0.05) is 19.1 Å². The summed E-state index contributed by atoms with van der Waals surface area (Å²) < 4.78 is 10.6. The first-order valence-electron chi connectivity index (χ1n) is 6.82. The highest BCUT2D eigenvalue weighted by atomic mass is 32.1. The van der Waals surface area contributed by atoms with Crippen molar-refractivity contribution in [3.63, 3.8) is 0 Å². The number of ether oxygens (including phenoxy) is 2. The number of carbonyl (C=O) groups excluding carboxylic acids is 1. The zero-order valence-corrected chi connectivity index (χ0v) is 13.5. The second-order valence-corrected chi connectivity index (χ2v) is 5.87. The molecule has 112 valence electrons. The summed E-state index contributed by atoms with van der Waals surface area (Å²) >= 11 is 1.34. The van der Waals surface area contributed by atoms with E-state index >= 15 is 0 Å². The SMILES string of the molecule is CCc1nc(COc2cc(C)ccc2C)sc1C(=O)OC. The van der Waals surface area contributed by atoms with Gasteiger partial charge in [-0.15, -0.1) is 11.3 Å². The number of nitrogens with zero attached hydrogens (tertiary/aromatic N) is 1. The van der Waals surface area contributed by atoms with Crippen LogP contribution >= 0.6 is 11.3 Å². The third-order valence-electron chi connectivity index (χ3n) is 3.14. The fourth-order valence-electron chi connectivity index (χ4n) is 1.96. The highest BCUT2D eigenvalue weighted by molar-refractivity contribution is 7.13. The van der Waals surface area contributed by atoms with E-state index in [0.717, 1.165) is 27.6 Å². The number of hydrogen-bond donors (Lipinski definition) is 0. The molecule has 2 rings (SSSR count). The van der Waals surface area contributed by atoms with Crippen molar-refractivity contribution in [1.29, 1.82) is 0 Å². The molecule has 0 atom stereocenters. The van der Waals surface area contributed by atoms with E-state index in [1.54, 1.807) is 0 Å². The monoisotopic (exact) mass is 305 g/mol. The molecule has 0 aliphatic rings. The van der Waals surface area contributed by atoms with E-state index in [-0.39, 0.29) is 5.97 Å². The van der Waals surface area contributed by atoms with Crippen LogP contribution in [0.4, 0.5) is 0 Å². The summed E-state index contributed by atoms with van der Waals surface area (Å²) in [6, 6.07) is 6.09. The lowest BCUT2D eigenvalue weighted by Crippen LogP contribution is -2.01. The highest BCUT2D eigenvalue weighted by Gasteiger charge is 2.17. The van der Waals surface area contributed by atoms with E-state index in [9.17, 15) is 4.79 Å². The lowest BCUT2D eigenvalue weighted by Gasteiger charge is -2.08. The van der Waals surface area contributed by atoms with Crippen molar-refractivity contribution >= 4 is 17.3 Å². The second-order valence-electron chi connectivity index (χ2n) is 4.79. The van der Waals surface area contributed by atoms with Gasteiger partial charge in [0.1, 0.15) is 22.2 Å². The van der Waals surface area contributed by atoms with Crippen LogP contribution in [-0.2, 0) is 17.8 Å². The topological polar surface area (TPSA) is 48.4 Å². The molecule has 0 spiro atoms. The van der Waals surface area contributed by atoms with Gasteiger partial charge in [-0.3, -0.25) is 0 Å². The van der Waals surface area contributed by atoms with Gasteiger partial charge in [0.05, 0.1) is 12.8 Å². The fraction of sp³-hybridized carbons (Fsp3) is 0.375. The first-order chi connectivity index (χ1) is 10.0. The number of hydrogen-bond acceptors (Lipinski definition) is 5. The van der Waals surface area contributed by atoms with Crippen molar-refractivity contribution in [3.05, 3.63) is 44.9 Å². The van der Waals surface area contributed by atoms with Crippen molar-refractivity contribution < 1.29 is 14.3 Å². The Hall–Kier alpha value is -1.88. The largest absolute Gasteiger partial charge is 0.486 e. The van der Waals surface area contributed by atoms with Crippen LogP contribution in [0.3, 0.4) is 0 Å². The number of aromatic nitrogens is 1. The van der Waals surface area contributed by atoms with Crippen LogP contribution < -0.4 is 4.74 Å². The molecule has 0 aliphatic heterocycles. The molecule has 0 unspecified atom stereocenters. The molecule has 1 aromatic heterocycles. The van der Waals surface area contributed by atoms with Crippen molar-refractivity contribution in [3.8, 4) is 5.75 Å². The fourth-order valence-corrected chi connectivity index (χ4v) is 2.94. The molecule has 21 heavy (non-hydrogen) atoms. The molecule has 1 heterocycles. The van der Waals surface area contributed by atoms with Gasteiger partial charge in [0, 0.05) is 0 Å². The maximum atomic E-state index is 11.7. The Kier molecular flexibility index (Phi) is 4.96. The molecular formula is C16H19NO3S. The summed E-state index contributed by atoms with van der Waals surface area (Å²) in [6.07, 6.45) is 0.699. The van der Waals surface area contributed by atoms with Crippen LogP contribution in [0.1, 0.15) is 38.4 Å². The number of carbonyl (C=O) groups is 1. The van der Waals surface area contributed by atoms with Crippen molar-refractivity contribution in [1.82, 2.24) is 4.98 Å². The summed E-state index contributed by atoms with van der Waals surface area (Å²) in [5, 5.41) is 0.785. The molecule has 0 bridgehead atoms. The van der Waals surface area contributed by atoms with Crippen LogP contribution in [0.5, 0.6) is 5.75 Å². The molecule has 0 saturated heterocycles. The van der Waals surface area contributed by atoms with Crippen LogP contribution in [0, 0.1) is 13.8 Å². The zero-order chi connectivity index (χ0) is 15.4. The summed E-state index contributed by atoms with van der Waals surface area (Å²) in [7, 11) is 1.38. The molecule has 0 fully saturated rings. The number of methoxy groups -OCH3 is 1. The van der Waals surface area contributed by atoms with Crippen molar-refractivity contribution in [2.75, 3.05) is 7.11 Å². The first kappa shape index (κ1) is 15.5. The lowest BCUT2D eigenvalue weighted by molar-refractivity contribution is 0.0605. The van der Waals surface area contributed by atoms with E-state index in [2.05, 4.69) is 11.1 Å². The number of aryl methyl sites for hydroxylation is 3. The average Bonchev–Trinajstić information content (AvgIpc) is 2.90. The predicted molar refractivity (Wildman–Crippen MR) is 83.1 cm³/mol. The Balaban J connectivity index is 2.15. The summed E-state index contributed by atoms with van der Waals surface area (Å²) in [4.78, 5) is 16.7. The Morgan fingerprint density at radius 3 is 2.76 bits per heavy atom. The second kappa shape index (κ2) is 6.72. The molecule has 0 amide bonds. The Bertz CT molecular complexity index is 649. The summed E-state index contributed by atoms with van der Waals surface area (Å²) in [5.41, 5.74) is 3.01. The van der Waals surface area contributed by atoms with Gasteiger partial charge in [0.25, 0.3) is 0 Å². The van der Waals surface area contributed by atoms with Crippen LogP contribution in [0.2, 0.25) is 0 Å². The summed E-state index contributed by atoms with van der Waals surface area (Å²) in [6.45, 7) is 6.37. The number of benzene rings is 1. The predicted octanol–water partition coefficient (Wildman–Crippen LogP) is 3.69. The first-order valence-corrected chi connectivity index (χ1v) is 7.63. The Morgan fingerprint density at radius 2 is 2.10 bits per heavy atom. The van der Waals surface area contributed by atoms with E-state index in [4.69, 9.17) is 9.47 Å². The quantitative estimate of drug-likeness (QED) is 0.791. The van der Waals surface area contributed by atoms with Crippen LogP contribution in [-0.4, -0.2) is 18.1 Å². The average molecular weight is 305 g/mol. The van der Waals surface area contributed by atoms with Crippen LogP contribution in [0.15, 0.2) is 18.2 Å². The molecule has 0 radical (unpaired) electrons. The van der Waals surface area contributed by atoms with E-state index in [1.165, 1.54) is 18.4 Å². The van der Waals surface area contributed by atoms with Gasteiger partial charge in [0.2, 0.25) is 0 Å². The molecule has 0 N–H and O–H groups in total. The van der Waals surface area contributed by atoms with Gasteiger partial charge in [-0.25, -0.2) is 9.78 Å². The number of thiazole rings is 1. The Labute approximate surface area is 128 Å². The highest BCUT2D eigenvalue weighted by Crippen LogP contribution is 2.24. The van der Waals surface area contributed by atoms with Crippen molar-refractivity contribution in [2.24, 2.45) is 0 Å². The lowest BCUT2D eigenvalue weighted by atomic mass is 10.1. The van der Waals surface area contributed by atoms with Gasteiger partial charge in [-0.2, -0.15) is 0 Å². The van der Waals surface area contributed by atoms with E-state index in [0.29, 0.717) is 17.9 Å². The maximum absolute atomic E-state index is 11.7. The van der Waals surface area contributed by atoms with Crippen LogP contribution in [0.25, 0.3) is 0 Å². The van der Waals surface area contributed by atoms with E-state index < -0.39 is 0 Å². The molecule has 0 aliphatic carbocycles. The molecule has 0 saturated carbocycles. The van der Waals surface area contributed by atoms with Gasteiger partial charge >= 0.3 is 5.97 Å². The minimum absolute atomic E-state index is 0.331. The smallest absolute Gasteiger partial charge is 0.349 e. The maximum Gasteiger partial charge on any atom is 0.349 e. The minimum atomic E-state index is -0.331. The van der Waals surface area contributed by atoms with Gasteiger partial charge in [-0.05, 0) is 37.5 Å².